The molecule has 1 N–H and O–H groups in total. The van der Waals surface area contributed by atoms with Gasteiger partial charge in [0.1, 0.15) is 11.6 Å². The molecule has 0 saturated heterocycles. The third-order valence-electron chi connectivity index (χ3n) is 3.38. The van der Waals surface area contributed by atoms with Crippen molar-refractivity contribution < 1.29 is 13.9 Å². The largest absolute Gasteiger partial charge is 0.495 e. The van der Waals surface area contributed by atoms with Crippen LogP contribution in [0.1, 0.15) is 6.42 Å². The molecule has 122 valence electrons. The summed E-state index contributed by atoms with van der Waals surface area (Å²) in [6.45, 7) is 0.490. The summed E-state index contributed by atoms with van der Waals surface area (Å²) in [5.74, 6) is 0.0353. The topological polar surface area (TPSA) is 41.6 Å². The molecule has 0 atom stereocenters. The second-order valence-corrected chi connectivity index (χ2v) is 5.93. The average Bonchev–Trinajstić information content (AvgIpc) is 2.55. The number of para-hydroxylation sites is 2. The number of carbonyl (C=O) groups is 1. The average molecular weight is 381 g/mol. The maximum atomic E-state index is 13.7. The lowest BCUT2D eigenvalue weighted by Crippen LogP contribution is -2.24. The molecule has 4 nitrogen and oxygen atoms in total. The van der Waals surface area contributed by atoms with Crippen molar-refractivity contribution in [3.05, 3.63) is 52.8 Å². The maximum Gasteiger partial charge on any atom is 0.226 e. The van der Waals surface area contributed by atoms with Crippen LogP contribution >= 0.6 is 15.9 Å². The van der Waals surface area contributed by atoms with Crippen LogP contribution < -0.4 is 15.0 Å². The third-order valence-corrected chi connectivity index (χ3v) is 3.87. The van der Waals surface area contributed by atoms with Gasteiger partial charge in [-0.05, 0) is 30.3 Å². The van der Waals surface area contributed by atoms with Crippen LogP contribution in [-0.4, -0.2) is 26.6 Å². The lowest BCUT2D eigenvalue weighted by molar-refractivity contribution is -0.116. The number of amides is 1. The van der Waals surface area contributed by atoms with Gasteiger partial charge in [0.05, 0.1) is 18.5 Å². The fraction of sp³-hybridized carbons (Fsp3) is 0.235. The molecule has 0 aromatic heterocycles. The van der Waals surface area contributed by atoms with Crippen LogP contribution in [0.15, 0.2) is 46.9 Å². The molecule has 2 aromatic carbocycles. The molecule has 0 saturated carbocycles. The minimum Gasteiger partial charge on any atom is -0.495 e. The minimum absolute atomic E-state index is 0.179. The Hall–Kier alpha value is -2.08. The summed E-state index contributed by atoms with van der Waals surface area (Å²) in [6, 6.07) is 12.1. The van der Waals surface area contributed by atoms with E-state index in [4.69, 9.17) is 4.74 Å². The molecule has 0 radical (unpaired) electrons. The number of hydrogen-bond acceptors (Lipinski definition) is 3. The molecule has 0 heterocycles. The van der Waals surface area contributed by atoms with Crippen molar-refractivity contribution >= 4 is 33.2 Å². The highest BCUT2D eigenvalue weighted by molar-refractivity contribution is 9.10. The fourth-order valence-electron chi connectivity index (χ4n) is 2.14. The van der Waals surface area contributed by atoms with Crippen molar-refractivity contribution in [3.63, 3.8) is 0 Å². The second kappa shape index (κ2) is 7.97. The molecule has 0 fully saturated rings. The number of rotatable bonds is 6. The third kappa shape index (κ3) is 4.69. The van der Waals surface area contributed by atoms with E-state index in [0.29, 0.717) is 11.0 Å². The molecule has 1 amide bonds. The molecule has 0 aliphatic carbocycles. The van der Waals surface area contributed by atoms with Crippen LogP contribution in [0, 0.1) is 5.82 Å². The molecule has 2 rings (SSSR count). The monoisotopic (exact) mass is 380 g/mol. The number of nitrogens with one attached hydrogen (secondary N) is 1. The van der Waals surface area contributed by atoms with Crippen LogP contribution in [-0.2, 0) is 4.79 Å². The lowest BCUT2D eigenvalue weighted by Gasteiger charge is -2.21. The fourth-order valence-corrected chi connectivity index (χ4v) is 2.47. The Labute approximate surface area is 143 Å². The molecule has 0 unspecified atom stereocenters. The Morgan fingerprint density at radius 3 is 2.74 bits per heavy atom. The van der Waals surface area contributed by atoms with E-state index in [9.17, 15) is 9.18 Å². The molecule has 0 spiro atoms. The Bertz CT molecular complexity index is 694. The van der Waals surface area contributed by atoms with E-state index < -0.39 is 5.82 Å². The standard InChI is InChI=1S/C17H18BrFN2O2/c1-21(15-5-3-4-6-16(15)23-2)10-9-17(22)20-14-8-7-12(18)11-13(14)19/h3-8,11H,9-10H2,1-2H3,(H,20,22). The number of ether oxygens (including phenoxy) is 1. The predicted molar refractivity (Wildman–Crippen MR) is 93.6 cm³/mol. The Morgan fingerprint density at radius 1 is 1.30 bits per heavy atom. The van der Waals surface area contributed by atoms with Crippen molar-refractivity contribution in [3.8, 4) is 5.75 Å². The van der Waals surface area contributed by atoms with E-state index in [1.807, 2.05) is 36.2 Å². The van der Waals surface area contributed by atoms with E-state index in [-0.39, 0.29) is 18.0 Å². The first-order chi connectivity index (χ1) is 11.0. The van der Waals surface area contributed by atoms with Gasteiger partial charge in [-0.2, -0.15) is 0 Å². The summed E-state index contributed by atoms with van der Waals surface area (Å²) in [4.78, 5) is 13.9. The molecular weight excluding hydrogens is 363 g/mol. The summed E-state index contributed by atoms with van der Waals surface area (Å²) < 4.78 is 19.6. The van der Waals surface area contributed by atoms with E-state index in [0.717, 1.165) is 11.4 Å². The molecular formula is C17H18BrFN2O2. The Morgan fingerprint density at radius 2 is 2.04 bits per heavy atom. The SMILES string of the molecule is COc1ccccc1N(C)CCC(=O)Nc1ccc(Br)cc1F. The van der Waals surface area contributed by atoms with Gasteiger partial charge in [-0.25, -0.2) is 4.39 Å². The highest BCUT2D eigenvalue weighted by Gasteiger charge is 2.11. The molecule has 2 aromatic rings. The van der Waals surface area contributed by atoms with E-state index in [1.54, 1.807) is 13.2 Å². The maximum absolute atomic E-state index is 13.7. The van der Waals surface area contributed by atoms with E-state index in [2.05, 4.69) is 21.2 Å². The summed E-state index contributed by atoms with van der Waals surface area (Å²) in [5, 5.41) is 2.58. The van der Waals surface area contributed by atoms with Crippen LogP contribution in [0.25, 0.3) is 0 Å². The van der Waals surface area contributed by atoms with Crippen molar-refractivity contribution in [1.82, 2.24) is 0 Å². The summed E-state index contributed by atoms with van der Waals surface area (Å²) in [5.41, 5.74) is 1.08. The Balaban J connectivity index is 1.93. The zero-order valence-corrected chi connectivity index (χ0v) is 14.6. The van der Waals surface area contributed by atoms with Crippen LogP contribution in [0.3, 0.4) is 0 Å². The van der Waals surface area contributed by atoms with E-state index in [1.165, 1.54) is 12.1 Å². The van der Waals surface area contributed by atoms with E-state index >= 15 is 0 Å². The zero-order valence-electron chi connectivity index (χ0n) is 13.0. The second-order valence-electron chi connectivity index (χ2n) is 5.02. The number of carbonyl (C=O) groups excluding carboxylic acids is 1. The van der Waals surface area contributed by atoms with Gasteiger partial charge in [0.25, 0.3) is 0 Å². The minimum atomic E-state index is -0.467. The van der Waals surface area contributed by atoms with Crippen LogP contribution in [0.4, 0.5) is 15.8 Å². The highest BCUT2D eigenvalue weighted by atomic mass is 79.9. The van der Waals surface area contributed by atoms with Gasteiger partial charge in [0.15, 0.2) is 0 Å². The van der Waals surface area contributed by atoms with Crippen molar-refractivity contribution in [1.29, 1.82) is 0 Å². The van der Waals surface area contributed by atoms with Crippen LogP contribution in [0.5, 0.6) is 5.75 Å². The van der Waals surface area contributed by atoms with Gasteiger partial charge in [-0.3, -0.25) is 4.79 Å². The number of nitrogens with zero attached hydrogens (tertiary/aromatic N) is 1. The highest BCUT2D eigenvalue weighted by Crippen LogP contribution is 2.26. The summed E-state index contributed by atoms with van der Waals surface area (Å²) >= 11 is 3.18. The smallest absolute Gasteiger partial charge is 0.226 e. The van der Waals surface area contributed by atoms with Gasteiger partial charge in [0.2, 0.25) is 5.91 Å². The molecule has 0 aliphatic heterocycles. The van der Waals surface area contributed by atoms with Crippen molar-refractivity contribution in [2.24, 2.45) is 0 Å². The summed E-state index contributed by atoms with van der Waals surface area (Å²) in [6.07, 6.45) is 0.240. The normalized spacial score (nSPS) is 10.3. The lowest BCUT2D eigenvalue weighted by atomic mass is 10.2. The van der Waals surface area contributed by atoms with Gasteiger partial charge in [0, 0.05) is 24.5 Å². The van der Waals surface area contributed by atoms with Crippen molar-refractivity contribution in [2.75, 3.05) is 30.9 Å². The first-order valence-corrected chi connectivity index (χ1v) is 7.89. The zero-order chi connectivity index (χ0) is 16.8. The number of anilines is 2. The molecule has 0 bridgehead atoms. The summed E-state index contributed by atoms with van der Waals surface area (Å²) in [7, 11) is 3.49. The van der Waals surface area contributed by atoms with Gasteiger partial charge < -0.3 is 15.0 Å². The number of hydrogen-bond donors (Lipinski definition) is 1. The number of halogens is 2. The van der Waals surface area contributed by atoms with Crippen LogP contribution in [0.2, 0.25) is 0 Å². The molecule has 6 heteroatoms. The number of methoxy groups -OCH3 is 1. The quantitative estimate of drug-likeness (QED) is 0.821. The van der Waals surface area contributed by atoms with Crippen molar-refractivity contribution in [2.45, 2.75) is 6.42 Å². The first-order valence-electron chi connectivity index (χ1n) is 7.10. The first kappa shape index (κ1) is 17.3. The molecule has 23 heavy (non-hydrogen) atoms. The van der Waals surface area contributed by atoms with Gasteiger partial charge in [-0.1, -0.05) is 28.1 Å². The number of benzene rings is 2. The predicted octanol–water partition coefficient (Wildman–Crippen LogP) is 4.06. The van der Waals surface area contributed by atoms with Gasteiger partial charge >= 0.3 is 0 Å². The molecule has 0 aliphatic rings. The van der Waals surface area contributed by atoms with Gasteiger partial charge in [-0.15, -0.1) is 0 Å². The Kier molecular flexibility index (Phi) is 5.98.